The zero-order valence-electron chi connectivity index (χ0n) is 15.2. The summed E-state index contributed by atoms with van der Waals surface area (Å²) in [6, 6.07) is 14.4. The Hall–Kier alpha value is -1.58. The van der Waals surface area contributed by atoms with Crippen LogP contribution >= 0.6 is 0 Å². The smallest absolute Gasteiger partial charge is 0.118 e. The van der Waals surface area contributed by atoms with E-state index in [2.05, 4.69) is 67.1 Å². The van der Waals surface area contributed by atoms with Crippen LogP contribution in [0.4, 0.5) is 0 Å². The molecule has 0 radical (unpaired) electrons. The zero-order chi connectivity index (χ0) is 16.8. The molecule has 1 saturated heterocycles. The number of nitrogens with zero attached hydrogens (tertiary/aromatic N) is 2. The second-order valence-corrected chi connectivity index (χ2v) is 7.81. The van der Waals surface area contributed by atoms with E-state index in [0.717, 1.165) is 31.2 Å². The molecule has 1 aromatic heterocycles. The Balaban J connectivity index is 1.59. The Labute approximate surface area is 145 Å². The predicted octanol–water partition coefficient (Wildman–Crippen LogP) is 4.20. The van der Waals surface area contributed by atoms with Crippen molar-refractivity contribution in [1.29, 1.82) is 0 Å². The summed E-state index contributed by atoms with van der Waals surface area (Å²) in [6.07, 6.45) is 0. The number of hydrogen-bond donors (Lipinski definition) is 0. The van der Waals surface area contributed by atoms with E-state index in [1.807, 2.05) is 6.92 Å². The summed E-state index contributed by atoms with van der Waals surface area (Å²) in [6.45, 7) is 9.85. The highest BCUT2D eigenvalue weighted by molar-refractivity contribution is 5.41. The fourth-order valence-electron chi connectivity index (χ4n) is 4.67. The van der Waals surface area contributed by atoms with Gasteiger partial charge in [0.05, 0.1) is 6.54 Å². The monoisotopic (exact) mass is 324 g/mol. The van der Waals surface area contributed by atoms with Crippen LogP contribution in [0, 0.1) is 12.8 Å². The predicted molar refractivity (Wildman–Crippen MR) is 97.0 cm³/mol. The molecule has 1 fully saturated rings. The third-order valence-electron chi connectivity index (χ3n) is 5.99. The van der Waals surface area contributed by atoms with Gasteiger partial charge in [0.15, 0.2) is 0 Å². The zero-order valence-corrected chi connectivity index (χ0v) is 15.2. The summed E-state index contributed by atoms with van der Waals surface area (Å²) in [5, 5.41) is 0. The third kappa shape index (κ3) is 2.60. The molecule has 0 amide bonds. The first-order chi connectivity index (χ1) is 11.5. The number of benzene rings is 1. The number of aryl methyl sites for hydroxylation is 1. The van der Waals surface area contributed by atoms with E-state index >= 15 is 0 Å². The molecule has 0 saturated carbocycles. The second-order valence-electron chi connectivity index (χ2n) is 7.81. The average molecular weight is 324 g/mol. The SMILES string of the molecule is Cc1ccc(CN2C[C@H]3[C@@H](C2)c2ccccc2[C@@H]3N(C)C(C)C)o1. The summed E-state index contributed by atoms with van der Waals surface area (Å²) in [4.78, 5) is 5.13. The van der Waals surface area contributed by atoms with Gasteiger partial charge in [-0.1, -0.05) is 24.3 Å². The van der Waals surface area contributed by atoms with Crippen LogP contribution in [0.1, 0.15) is 48.5 Å². The first-order valence-corrected chi connectivity index (χ1v) is 9.13. The number of furan rings is 1. The molecule has 128 valence electrons. The lowest BCUT2D eigenvalue weighted by Gasteiger charge is -2.33. The normalized spacial score (nSPS) is 26.3. The van der Waals surface area contributed by atoms with Gasteiger partial charge in [-0.15, -0.1) is 0 Å². The van der Waals surface area contributed by atoms with Gasteiger partial charge in [0.1, 0.15) is 11.5 Å². The fourth-order valence-corrected chi connectivity index (χ4v) is 4.67. The molecule has 0 unspecified atom stereocenters. The van der Waals surface area contributed by atoms with Crippen LogP contribution in [0.5, 0.6) is 0 Å². The minimum absolute atomic E-state index is 0.537. The van der Waals surface area contributed by atoms with Gasteiger partial charge >= 0.3 is 0 Å². The molecule has 2 aliphatic rings. The highest BCUT2D eigenvalue weighted by Gasteiger charge is 2.47. The summed E-state index contributed by atoms with van der Waals surface area (Å²) >= 11 is 0. The van der Waals surface area contributed by atoms with Crippen LogP contribution in [0.15, 0.2) is 40.8 Å². The molecule has 4 rings (SSSR count). The molecule has 1 aliphatic heterocycles. The van der Waals surface area contributed by atoms with E-state index in [-0.39, 0.29) is 0 Å². The van der Waals surface area contributed by atoms with Gasteiger partial charge in [-0.25, -0.2) is 0 Å². The van der Waals surface area contributed by atoms with E-state index in [4.69, 9.17) is 4.42 Å². The first kappa shape index (κ1) is 15.9. The molecule has 2 heterocycles. The summed E-state index contributed by atoms with van der Waals surface area (Å²) < 4.78 is 5.80. The van der Waals surface area contributed by atoms with Crippen molar-refractivity contribution in [3.8, 4) is 0 Å². The lowest BCUT2D eigenvalue weighted by molar-refractivity contribution is 0.144. The molecule has 3 heteroatoms. The van der Waals surface area contributed by atoms with Gasteiger partial charge in [0.25, 0.3) is 0 Å². The highest BCUT2D eigenvalue weighted by Crippen LogP contribution is 2.51. The highest BCUT2D eigenvalue weighted by atomic mass is 16.3. The third-order valence-corrected chi connectivity index (χ3v) is 5.99. The Kier molecular flexibility index (Phi) is 4.01. The van der Waals surface area contributed by atoms with Crippen LogP contribution < -0.4 is 0 Å². The summed E-state index contributed by atoms with van der Waals surface area (Å²) in [7, 11) is 2.28. The van der Waals surface area contributed by atoms with Crippen molar-refractivity contribution in [3.05, 3.63) is 59.0 Å². The van der Waals surface area contributed by atoms with Gasteiger partial charge < -0.3 is 4.42 Å². The Morgan fingerprint density at radius 1 is 1.12 bits per heavy atom. The van der Waals surface area contributed by atoms with Crippen molar-refractivity contribution in [2.45, 2.75) is 45.3 Å². The van der Waals surface area contributed by atoms with Crippen LogP contribution in [-0.4, -0.2) is 36.0 Å². The van der Waals surface area contributed by atoms with Crippen molar-refractivity contribution < 1.29 is 4.42 Å². The molecule has 3 nitrogen and oxygen atoms in total. The number of likely N-dealkylation sites (tertiary alicyclic amines) is 1. The Morgan fingerprint density at radius 2 is 1.88 bits per heavy atom. The lowest BCUT2D eigenvalue weighted by atomic mass is 9.93. The molecule has 0 N–H and O–H groups in total. The van der Waals surface area contributed by atoms with Gasteiger partial charge in [-0.05, 0) is 57.0 Å². The number of fused-ring (bicyclic) bond motifs is 3. The van der Waals surface area contributed by atoms with E-state index in [9.17, 15) is 0 Å². The van der Waals surface area contributed by atoms with E-state index in [1.165, 1.54) is 0 Å². The van der Waals surface area contributed by atoms with Gasteiger partial charge in [-0.2, -0.15) is 0 Å². The van der Waals surface area contributed by atoms with E-state index < -0.39 is 0 Å². The van der Waals surface area contributed by atoms with Crippen LogP contribution in [0.2, 0.25) is 0 Å². The molecule has 0 spiro atoms. The molecule has 24 heavy (non-hydrogen) atoms. The Bertz CT molecular complexity index is 720. The van der Waals surface area contributed by atoms with Crippen molar-refractivity contribution >= 4 is 0 Å². The molecule has 1 aromatic carbocycles. The summed E-state index contributed by atoms with van der Waals surface area (Å²) in [5.41, 5.74) is 3.12. The largest absolute Gasteiger partial charge is 0.465 e. The van der Waals surface area contributed by atoms with Gasteiger partial charge in [0, 0.05) is 31.1 Å². The molecule has 2 aromatic rings. The maximum Gasteiger partial charge on any atom is 0.118 e. The maximum atomic E-state index is 5.80. The van der Waals surface area contributed by atoms with Crippen molar-refractivity contribution in [2.24, 2.45) is 5.92 Å². The van der Waals surface area contributed by atoms with E-state index in [0.29, 0.717) is 23.9 Å². The van der Waals surface area contributed by atoms with Gasteiger partial charge in [-0.3, -0.25) is 9.80 Å². The minimum atomic E-state index is 0.537. The van der Waals surface area contributed by atoms with Crippen LogP contribution in [-0.2, 0) is 6.54 Å². The second kappa shape index (κ2) is 6.05. The summed E-state index contributed by atoms with van der Waals surface area (Å²) in [5.74, 6) is 3.44. The van der Waals surface area contributed by atoms with Crippen molar-refractivity contribution in [2.75, 3.05) is 20.1 Å². The van der Waals surface area contributed by atoms with Crippen LogP contribution in [0.3, 0.4) is 0 Å². The molecule has 1 aliphatic carbocycles. The molecular weight excluding hydrogens is 296 g/mol. The quantitative estimate of drug-likeness (QED) is 0.840. The maximum absolute atomic E-state index is 5.80. The minimum Gasteiger partial charge on any atom is -0.465 e. The first-order valence-electron chi connectivity index (χ1n) is 9.13. The number of rotatable bonds is 4. The molecular formula is C21H28N2O. The Morgan fingerprint density at radius 3 is 2.54 bits per heavy atom. The number of hydrogen-bond acceptors (Lipinski definition) is 3. The van der Waals surface area contributed by atoms with Crippen LogP contribution in [0.25, 0.3) is 0 Å². The average Bonchev–Trinajstić information content (AvgIpc) is 3.21. The standard InChI is InChI=1S/C21H28N2O/c1-14(2)22(4)21-18-8-6-5-7-17(18)19-12-23(13-20(19)21)11-16-10-9-15(3)24-16/h5-10,14,19-21H,11-13H2,1-4H3/t19-,20-,21-/m0/s1. The van der Waals surface area contributed by atoms with Crippen molar-refractivity contribution in [3.63, 3.8) is 0 Å². The van der Waals surface area contributed by atoms with E-state index in [1.54, 1.807) is 11.1 Å². The molecule has 0 bridgehead atoms. The lowest BCUT2D eigenvalue weighted by Crippen LogP contribution is -2.35. The van der Waals surface area contributed by atoms with Gasteiger partial charge in [0.2, 0.25) is 0 Å². The fraction of sp³-hybridized carbons (Fsp3) is 0.524. The molecule has 3 atom stereocenters. The van der Waals surface area contributed by atoms with Crippen molar-refractivity contribution in [1.82, 2.24) is 9.80 Å². The topological polar surface area (TPSA) is 19.6 Å².